The molecule has 20 heavy (non-hydrogen) atoms. The number of benzene rings is 2. The van der Waals surface area contributed by atoms with Gasteiger partial charge < -0.3 is 0 Å². The van der Waals surface area contributed by atoms with E-state index in [1.54, 1.807) is 12.1 Å². The molecule has 0 aliphatic carbocycles. The monoisotopic (exact) mass is 334 g/mol. The van der Waals surface area contributed by atoms with Crippen LogP contribution >= 0.6 is 15.9 Å². The van der Waals surface area contributed by atoms with E-state index in [4.69, 9.17) is 0 Å². The summed E-state index contributed by atoms with van der Waals surface area (Å²) in [6.45, 7) is 1.98. The second-order valence-corrected chi connectivity index (χ2v) is 5.67. The van der Waals surface area contributed by atoms with E-state index in [9.17, 15) is 9.18 Å². The van der Waals surface area contributed by atoms with Crippen LogP contribution in [-0.4, -0.2) is 5.78 Å². The van der Waals surface area contributed by atoms with Gasteiger partial charge in [-0.3, -0.25) is 4.79 Å². The molecule has 0 saturated carbocycles. The first-order valence-electron chi connectivity index (χ1n) is 6.63. The fourth-order valence-corrected chi connectivity index (χ4v) is 2.64. The molecular formula is C17H16BrFO. The van der Waals surface area contributed by atoms with Crippen LogP contribution in [0.3, 0.4) is 0 Å². The summed E-state index contributed by atoms with van der Waals surface area (Å²) in [5, 5.41) is 0. The summed E-state index contributed by atoms with van der Waals surface area (Å²) >= 11 is 3.22. The van der Waals surface area contributed by atoms with E-state index < -0.39 is 0 Å². The minimum absolute atomic E-state index is 0.0555. The van der Waals surface area contributed by atoms with E-state index in [1.165, 1.54) is 6.07 Å². The average molecular weight is 335 g/mol. The van der Waals surface area contributed by atoms with Gasteiger partial charge in [0.25, 0.3) is 0 Å². The van der Waals surface area contributed by atoms with Gasteiger partial charge in [0.05, 0.1) is 0 Å². The van der Waals surface area contributed by atoms with Crippen molar-refractivity contribution < 1.29 is 9.18 Å². The van der Waals surface area contributed by atoms with E-state index in [0.717, 1.165) is 12.0 Å². The van der Waals surface area contributed by atoms with Gasteiger partial charge in [0.15, 0.2) is 0 Å². The van der Waals surface area contributed by atoms with E-state index in [0.29, 0.717) is 10.0 Å². The lowest BCUT2D eigenvalue weighted by molar-refractivity contribution is -0.120. The molecule has 0 spiro atoms. The van der Waals surface area contributed by atoms with Crippen LogP contribution in [0.4, 0.5) is 4.39 Å². The summed E-state index contributed by atoms with van der Waals surface area (Å²) < 4.78 is 14.5. The summed E-state index contributed by atoms with van der Waals surface area (Å²) in [5.74, 6) is -0.449. The van der Waals surface area contributed by atoms with Crippen LogP contribution in [0.5, 0.6) is 0 Å². The summed E-state index contributed by atoms with van der Waals surface area (Å²) in [5.41, 5.74) is 1.45. The molecule has 1 unspecified atom stereocenters. The second kappa shape index (κ2) is 6.80. The predicted octanol–water partition coefficient (Wildman–Crippen LogP) is 4.89. The molecule has 0 saturated heterocycles. The number of carbonyl (C=O) groups excluding carboxylic acids is 1. The lowest BCUT2D eigenvalue weighted by atomic mass is 9.89. The van der Waals surface area contributed by atoms with Crippen molar-refractivity contribution in [1.29, 1.82) is 0 Å². The van der Waals surface area contributed by atoms with Crippen LogP contribution in [0, 0.1) is 5.82 Å². The molecule has 0 aromatic heterocycles. The number of rotatable bonds is 5. The van der Waals surface area contributed by atoms with Gasteiger partial charge in [-0.05, 0) is 29.7 Å². The standard InChI is InChI=1S/C17H16BrFO/c1-2-15(12-6-4-3-5-7-12)17(20)10-13-8-9-14(18)11-16(13)19/h3-9,11,15H,2,10H2,1H3. The minimum atomic E-state index is -0.337. The topological polar surface area (TPSA) is 17.1 Å². The molecule has 2 aromatic rings. The Balaban J connectivity index is 2.18. The lowest BCUT2D eigenvalue weighted by Gasteiger charge is -2.14. The molecule has 104 valence electrons. The average Bonchev–Trinajstić information content (AvgIpc) is 2.44. The number of carbonyl (C=O) groups is 1. The van der Waals surface area contributed by atoms with Gasteiger partial charge in [0.2, 0.25) is 0 Å². The molecule has 1 nitrogen and oxygen atoms in total. The highest BCUT2D eigenvalue weighted by molar-refractivity contribution is 9.10. The third-order valence-electron chi connectivity index (χ3n) is 3.38. The Hall–Kier alpha value is -1.48. The van der Waals surface area contributed by atoms with Crippen LogP contribution < -0.4 is 0 Å². The zero-order valence-corrected chi connectivity index (χ0v) is 12.9. The van der Waals surface area contributed by atoms with Crippen molar-refractivity contribution >= 4 is 21.7 Å². The number of hydrogen-bond acceptors (Lipinski definition) is 1. The van der Waals surface area contributed by atoms with Gasteiger partial charge >= 0.3 is 0 Å². The van der Waals surface area contributed by atoms with E-state index in [1.807, 2.05) is 37.3 Å². The van der Waals surface area contributed by atoms with Crippen molar-refractivity contribution in [3.05, 3.63) is 69.9 Å². The Morgan fingerprint density at radius 2 is 1.90 bits per heavy atom. The van der Waals surface area contributed by atoms with Gasteiger partial charge in [0.1, 0.15) is 11.6 Å². The smallest absolute Gasteiger partial charge is 0.144 e. The number of hydrogen-bond donors (Lipinski definition) is 0. The first-order chi connectivity index (χ1) is 9.61. The third kappa shape index (κ3) is 3.54. The minimum Gasteiger partial charge on any atom is -0.299 e. The Bertz CT molecular complexity index is 595. The molecular weight excluding hydrogens is 319 g/mol. The Labute approximate surface area is 127 Å². The zero-order chi connectivity index (χ0) is 14.5. The normalized spacial score (nSPS) is 12.2. The second-order valence-electron chi connectivity index (χ2n) is 4.75. The largest absolute Gasteiger partial charge is 0.299 e. The molecule has 1 atom stereocenters. The summed E-state index contributed by atoms with van der Waals surface area (Å²) in [4.78, 5) is 12.4. The molecule has 0 aliphatic rings. The highest BCUT2D eigenvalue weighted by atomic mass is 79.9. The summed E-state index contributed by atoms with van der Waals surface area (Å²) in [6, 6.07) is 14.5. The molecule has 0 bridgehead atoms. The van der Waals surface area contributed by atoms with Gasteiger partial charge in [-0.25, -0.2) is 4.39 Å². The molecule has 0 amide bonds. The van der Waals surface area contributed by atoms with E-state index in [2.05, 4.69) is 15.9 Å². The van der Waals surface area contributed by atoms with Crippen LogP contribution in [0.15, 0.2) is 53.0 Å². The Morgan fingerprint density at radius 1 is 1.20 bits per heavy atom. The molecule has 0 radical (unpaired) electrons. The first-order valence-corrected chi connectivity index (χ1v) is 7.42. The predicted molar refractivity (Wildman–Crippen MR) is 82.3 cm³/mol. The van der Waals surface area contributed by atoms with Crippen LogP contribution in [0.1, 0.15) is 30.4 Å². The Morgan fingerprint density at radius 3 is 2.50 bits per heavy atom. The van der Waals surface area contributed by atoms with Crippen LogP contribution in [0.25, 0.3) is 0 Å². The van der Waals surface area contributed by atoms with E-state index in [-0.39, 0.29) is 23.9 Å². The maximum absolute atomic E-state index is 13.8. The van der Waals surface area contributed by atoms with Crippen molar-refractivity contribution in [1.82, 2.24) is 0 Å². The SMILES string of the molecule is CCC(C(=O)Cc1ccc(Br)cc1F)c1ccccc1. The number of Topliss-reactive ketones (excluding diaryl/α,β-unsaturated/α-hetero) is 1. The maximum Gasteiger partial charge on any atom is 0.144 e. The third-order valence-corrected chi connectivity index (χ3v) is 3.87. The molecule has 2 aromatic carbocycles. The van der Waals surface area contributed by atoms with Crippen molar-refractivity contribution in [3.63, 3.8) is 0 Å². The highest BCUT2D eigenvalue weighted by Crippen LogP contribution is 2.23. The molecule has 0 aliphatic heterocycles. The summed E-state index contributed by atoms with van der Waals surface area (Å²) in [6.07, 6.45) is 0.855. The number of ketones is 1. The molecule has 0 fully saturated rings. The van der Waals surface area contributed by atoms with Gasteiger partial charge in [-0.2, -0.15) is 0 Å². The van der Waals surface area contributed by atoms with Gasteiger partial charge in [-0.1, -0.05) is 59.3 Å². The highest BCUT2D eigenvalue weighted by Gasteiger charge is 2.19. The molecule has 0 N–H and O–H groups in total. The molecule has 3 heteroatoms. The fourth-order valence-electron chi connectivity index (χ4n) is 2.31. The lowest BCUT2D eigenvalue weighted by Crippen LogP contribution is -2.15. The van der Waals surface area contributed by atoms with E-state index >= 15 is 0 Å². The van der Waals surface area contributed by atoms with Crippen LogP contribution in [-0.2, 0) is 11.2 Å². The molecule has 0 heterocycles. The maximum atomic E-state index is 13.8. The fraction of sp³-hybridized carbons (Fsp3) is 0.235. The van der Waals surface area contributed by atoms with Gasteiger partial charge in [0, 0.05) is 16.8 Å². The zero-order valence-electron chi connectivity index (χ0n) is 11.3. The van der Waals surface area contributed by atoms with Crippen LogP contribution in [0.2, 0.25) is 0 Å². The van der Waals surface area contributed by atoms with Crippen molar-refractivity contribution in [2.75, 3.05) is 0 Å². The van der Waals surface area contributed by atoms with Crippen molar-refractivity contribution in [2.45, 2.75) is 25.7 Å². The summed E-state index contributed by atoms with van der Waals surface area (Å²) in [7, 11) is 0. The van der Waals surface area contributed by atoms with Gasteiger partial charge in [-0.15, -0.1) is 0 Å². The first kappa shape index (κ1) is 14.9. The van der Waals surface area contributed by atoms with Crippen molar-refractivity contribution in [3.8, 4) is 0 Å². The van der Waals surface area contributed by atoms with Crippen molar-refractivity contribution in [2.24, 2.45) is 0 Å². The Kier molecular flexibility index (Phi) is 5.07. The number of halogens is 2. The quantitative estimate of drug-likeness (QED) is 0.760. The molecule has 2 rings (SSSR count).